The van der Waals surface area contributed by atoms with Crippen molar-refractivity contribution in [2.24, 2.45) is 0 Å². The molecule has 0 spiro atoms. The SMILES string of the molecule is CC(=N)/C=C(\C)Cc1cc(C(C)(C)C)n[nH]1. The number of hydrogen-bond donors (Lipinski definition) is 2. The molecule has 1 heterocycles. The highest BCUT2D eigenvalue weighted by atomic mass is 15.1. The first-order valence-electron chi connectivity index (χ1n) is 5.56. The highest BCUT2D eigenvalue weighted by molar-refractivity contribution is 5.90. The van der Waals surface area contributed by atoms with Gasteiger partial charge in [0.1, 0.15) is 0 Å². The zero-order chi connectivity index (χ0) is 12.3. The van der Waals surface area contributed by atoms with Crippen LogP contribution < -0.4 is 0 Å². The minimum absolute atomic E-state index is 0.0871. The molecular formula is C13H21N3. The third-order valence-corrected chi connectivity index (χ3v) is 2.33. The Kier molecular flexibility index (Phi) is 3.68. The lowest BCUT2D eigenvalue weighted by Gasteiger charge is -2.13. The quantitative estimate of drug-likeness (QED) is 0.753. The van der Waals surface area contributed by atoms with Crippen LogP contribution in [-0.2, 0) is 11.8 Å². The predicted molar refractivity (Wildman–Crippen MR) is 68.1 cm³/mol. The number of allylic oxidation sites excluding steroid dienone is 2. The van der Waals surface area contributed by atoms with Gasteiger partial charge in [0.05, 0.1) is 5.69 Å². The summed E-state index contributed by atoms with van der Waals surface area (Å²) < 4.78 is 0. The molecule has 1 aromatic heterocycles. The molecule has 0 saturated heterocycles. The maximum atomic E-state index is 7.39. The predicted octanol–water partition coefficient (Wildman–Crippen LogP) is 3.24. The summed E-state index contributed by atoms with van der Waals surface area (Å²) in [5, 5.41) is 14.8. The van der Waals surface area contributed by atoms with Crippen LogP contribution >= 0.6 is 0 Å². The van der Waals surface area contributed by atoms with Gasteiger partial charge in [0.2, 0.25) is 0 Å². The van der Waals surface area contributed by atoms with Gasteiger partial charge in [-0.1, -0.05) is 26.3 Å². The molecule has 0 fully saturated rings. The molecule has 0 aliphatic carbocycles. The molecule has 0 saturated carbocycles. The van der Waals surface area contributed by atoms with E-state index in [0.29, 0.717) is 5.71 Å². The largest absolute Gasteiger partial charge is 0.306 e. The van der Waals surface area contributed by atoms with E-state index >= 15 is 0 Å². The van der Waals surface area contributed by atoms with Crippen LogP contribution in [0.3, 0.4) is 0 Å². The topological polar surface area (TPSA) is 52.5 Å². The Bertz CT molecular complexity index is 405. The van der Waals surface area contributed by atoms with Crippen molar-refractivity contribution in [3.63, 3.8) is 0 Å². The van der Waals surface area contributed by atoms with Crippen molar-refractivity contribution in [1.82, 2.24) is 10.2 Å². The van der Waals surface area contributed by atoms with Gasteiger partial charge in [-0.2, -0.15) is 5.10 Å². The molecule has 3 heteroatoms. The number of aromatic amines is 1. The third kappa shape index (κ3) is 3.65. The van der Waals surface area contributed by atoms with E-state index in [0.717, 1.165) is 17.8 Å². The van der Waals surface area contributed by atoms with Crippen molar-refractivity contribution in [2.75, 3.05) is 0 Å². The standard InChI is InChI=1S/C13H21N3/c1-9(6-10(2)14)7-11-8-12(16-15-11)13(3,4)5/h6,8,14H,7H2,1-5H3,(H,15,16)/b9-6+,14-10?. The molecule has 88 valence electrons. The molecule has 0 unspecified atom stereocenters. The summed E-state index contributed by atoms with van der Waals surface area (Å²) in [5.74, 6) is 0. The Hall–Kier alpha value is -1.38. The number of nitrogens with zero attached hydrogens (tertiary/aromatic N) is 1. The summed E-state index contributed by atoms with van der Waals surface area (Å²) in [6, 6.07) is 2.11. The normalized spacial score (nSPS) is 12.9. The van der Waals surface area contributed by atoms with E-state index in [1.165, 1.54) is 5.57 Å². The first kappa shape index (κ1) is 12.7. The van der Waals surface area contributed by atoms with Gasteiger partial charge in [-0.3, -0.25) is 5.10 Å². The molecule has 0 bridgehead atoms. The molecule has 16 heavy (non-hydrogen) atoms. The molecular weight excluding hydrogens is 198 g/mol. The van der Waals surface area contributed by atoms with Crippen molar-refractivity contribution < 1.29 is 0 Å². The van der Waals surface area contributed by atoms with Gasteiger partial charge in [0.15, 0.2) is 0 Å². The van der Waals surface area contributed by atoms with Gasteiger partial charge < -0.3 is 5.41 Å². The Balaban J connectivity index is 2.77. The molecule has 2 N–H and O–H groups in total. The molecule has 0 atom stereocenters. The number of rotatable bonds is 3. The zero-order valence-electron chi connectivity index (χ0n) is 10.8. The van der Waals surface area contributed by atoms with Crippen LogP contribution in [-0.4, -0.2) is 15.9 Å². The first-order valence-corrected chi connectivity index (χ1v) is 5.56. The van der Waals surface area contributed by atoms with E-state index in [2.05, 4.69) is 37.0 Å². The summed E-state index contributed by atoms with van der Waals surface area (Å²) in [6.07, 6.45) is 2.72. The van der Waals surface area contributed by atoms with Crippen molar-refractivity contribution >= 4 is 5.71 Å². The van der Waals surface area contributed by atoms with Crippen molar-refractivity contribution in [1.29, 1.82) is 5.41 Å². The molecule has 1 aromatic rings. The fourth-order valence-electron chi connectivity index (χ4n) is 1.56. The highest BCUT2D eigenvalue weighted by Gasteiger charge is 2.17. The second-order valence-corrected chi connectivity index (χ2v) is 5.38. The third-order valence-electron chi connectivity index (χ3n) is 2.33. The summed E-state index contributed by atoms with van der Waals surface area (Å²) >= 11 is 0. The van der Waals surface area contributed by atoms with Crippen LogP contribution in [0.1, 0.15) is 46.0 Å². The number of nitrogens with one attached hydrogen (secondary N) is 2. The fourth-order valence-corrected chi connectivity index (χ4v) is 1.56. The van der Waals surface area contributed by atoms with E-state index in [1.54, 1.807) is 6.92 Å². The molecule has 0 amide bonds. The lowest BCUT2D eigenvalue weighted by molar-refractivity contribution is 0.567. The van der Waals surface area contributed by atoms with Crippen LogP contribution in [0.5, 0.6) is 0 Å². The molecule has 0 aromatic carbocycles. The van der Waals surface area contributed by atoms with E-state index in [9.17, 15) is 0 Å². The molecule has 0 aliphatic heterocycles. The van der Waals surface area contributed by atoms with E-state index in [-0.39, 0.29) is 5.41 Å². The van der Waals surface area contributed by atoms with Crippen molar-refractivity contribution in [2.45, 2.75) is 46.5 Å². The lowest BCUT2D eigenvalue weighted by Crippen LogP contribution is -2.11. The average molecular weight is 219 g/mol. The Labute approximate surface area is 97.5 Å². The number of H-pyrrole nitrogens is 1. The van der Waals surface area contributed by atoms with Gasteiger partial charge in [0, 0.05) is 23.2 Å². The highest BCUT2D eigenvalue weighted by Crippen LogP contribution is 2.21. The molecule has 0 aliphatic rings. The van der Waals surface area contributed by atoms with Crippen LogP contribution in [0, 0.1) is 5.41 Å². The van der Waals surface area contributed by atoms with Crippen LogP contribution in [0.4, 0.5) is 0 Å². The second-order valence-electron chi connectivity index (χ2n) is 5.38. The van der Waals surface area contributed by atoms with Gasteiger partial charge in [-0.25, -0.2) is 0 Å². The van der Waals surface area contributed by atoms with Crippen LogP contribution in [0.15, 0.2) is 17.7 Å². The maximum Gasteiger partial charge on any atom is 0.0678 e. The monoisotopic (exact) mass is 219 g/mol. The number of aromatic nitrogens is 2. The van der Waals surface area contributed by atoms with Crippen molar-refractivity contribution in [3.8, 4) is 0 Å². The zero-order valence-corrected chi connectivity index (χ0v) is 10.8. The maximum absolute atomic E-state index is 7.39. The molecule has 0 radical (unpaired) electrons. The molecule has 1 rings (SSSR count). The minimum atomic E-state index is 0.0871. The van der Waals surface area contributed by atoms with Gasteiger partial charge in [-0.05, 0) is 26.0 Å². The Morgan fingerprint density at radius 3 is 2.50 bits per heavy atom. The summed E-state index contributed by atoms with van der Waals surface area (Å²) in [5.41, 5.74) is 4.05. The first-order chi connectivity index (χ1) is 7.29. The fraction of sp³-hybridized carbons (Fsp3) is 0.538. The van der Waals surface area contributed by atoms with E-state index in [1.807, 2.05) is 13.0 Å². The van der Waals surface area contributed by atoms with E-state index < -0.39 is 0 Å². The Morgan fingerprint density at radius 1 is 1.44 bits per heavy atom. The van der Waals surface area contributed by atoms with Gasteiger partial charge in [0.25, 0.3) is 0 Å². The molecule has 3 nitrogen and oxygen atoms in total. The van der Waals surface area contributed by atoms with Crippen molar-refractivity contribution in [3.05, 3.63) is 29.1 Å². The van der Waals surface area contributed by atoms with E-state index in [4.69, 9.17) is 5.41 Å². The van der Waals surface area contributed by atoms with Crippen LogP contribution in [0.25, 0.3) is 0 Å². The summed E-state index contributed by atoms with van der Waals surface area (Å²) in [7, 11) is 0. The smallest absolute Gasteiger partial charge is 0.0678 e. The van der Waals surface area contributed by atoms with Gasteiger partial charge >= 0.3 is 0 Å². The summed E-state index contributed by atoms with van der Waals surface area (Å²) in [6.45, 7) is 10.3. The lowest BCUT2D eigenvalue weighted by atomic mass is 9.92. The van der Waals surface area contributed by atoms with Gasteiger partial charge in [-0.15, -0.1) is 0 Å². The van der Waals surface area contributed by atoms with Crippen LogP contribution in [0.2, 0.25) is 0 Å². The number of hydrogen-bond acceptors (Lipinski definition) is 2. The average Bonchev–Trinajstić information content (AvgIpc) is 2.49. The minimum Gasteiger partial charge on any atom is -0.306 e. The second kappa shape index (κ2) is 4.64. The summed E-state index contributed by atoms with van der Waals surface area (Å²) in [4.78, 5) is 0. The Morgan fingerprint density at radius 2 is 2.06 bits per heavy atom.